The summed E-state index contributed by atoms with van der Waals surface area (Å²) >= 11 is 0. The maximum absolute atomic E-state index is 12.8. The predicted octanol–water partition coefficient (Wildman–Crippen LogP) is 14.8. The van der Waals surface area contributed by atoms with Crippen molar-refractivity contribution in [1.29, 1.82) is 0 Å². The molecule has 12 heteroatoms. The highest BCUT2D eigenvalue weighted by Crippen LogP contribution is 2.43. The standard InChI is InChI=1S/C54H95O11P/c1-4-7-10-13-16-19-22-25-28-31-34-37-40-43-52(56)61-47-51(65-54(58)45-42-39-36-33-30-27-24-21-18-15-12-9-6-3)49-63-66(59,60)62-48-50(46-55)64-53(57)44-41-38-35-32-29-26-23-20-17-14-11-8-5-2/h9,12,18,20-21,23,27,30,36,39,50-51,55H,4-8,10-11,13-17,19,22,24-26,28-29,31-35,37-38,40-49H2,1-3H3,(H,59,60)/b12-9-,21-18-,23-20-,30-27-,39-36-. The highest BCUT2D eigenvalue weighted by atomic mass is 31.2. The van der Waals surface area contributed by atoms with Crippen molar-refractivity contribution in [3.05, 3.63) is 60.8 Å². The quantitative estimate of drug-likeness (QED) is 0.0197. The van der Waals surface area contributed by atoms with E-state index in [2.05, 4.69) is 69.4 Å². The maximum atomic E-state index is 12.8. The van der Waals surface area contributed by atoms with Gasteiger partial charge in [-0.1, -0.05) is 197 Å². The van der Waals surface area contributed by atoms with E-state index in [9.17, 15) is 28.9 Å². The van der Waals surface area contributed by atoms with Crippen LogP contribution in [0.5, 0.6) is 0 Å². The first-order chi connectivity index (χ1) is 32.2. The zero-order valence-electron chi connectivity index (χ0n) is 41.9. The second-order valence-corrected chi connectivity index (χ2v) is 18.8. The summed E-state index contributed by atoms with van der Waals surface area (Å²) < 4.78 is 39.2. The number of allylic oxidation sites excluding steroid dienone is 10. The third-order valence-corrected chi connectivity index (χ3v) is 11.9. The predicted molar refractivity (Wildman–Crippen MR) is 270 cm³/mol. The molecule has 0 saturated carbocycles. The molecule has 0 aliphatic heterocycles. The van der Waals surface area contributed by atoms with Crippen LogP contribution in [-0.4, -0.2) is 66.5 Å². The molecular formula is C54H95O11P. The molecule has 0 aromatic rings. The Balaban J connectivity index is 4.80. The minimum absolute atomic E-state index is 0.0470. The molecule has 382 valence electrons. The van der Waals surface area contributed by atoms with E-state index in [0.29, 0.717) is 19.3 Å². The summed E-state index contributed by atoms with van der Waals surface area (Å²) in [4.78, 5) is 48.2. The molecule has 0 radical (unpaired) electrons. The smallest absolute Gasteiger partial charge is 0.462 e. The van der Waals surface area contributed by atoms with Crippen molar-refractivity contribution in [2.45, 2.75) is 238 Å². The molecule has 11 nitrogen and oxygen atoms in total. The van der Waals surface area contributed by atoms with Gasteiger partial charge in [-0.3, -0.25) is 23.4 Å². The van der Waals surface area contributed by atoms with Crippen molar-refractivity contribution in [3.8, 4) is 0 Å². The van der Waals surface area contributed by atoms with Gasteiger partial charge in [-0.2, -0.15) is 0 Å². The first-order valence-corrected chi connectivity index (χ1v) is 27.7. The molecule has 3 unspecified atom stereocenters. The number of carbonyl (C=O) groups excluding carboxylic acids is 3. The van der Waals surface area contributed by atoms with Crippen LogP contribution in [0, 0.1) is 0 Å². The summed E-state index contributed by atoms with van der Waals surface area (Å²) in [6, 6.07) is 0. The highest BCUT2D eigenvalue weighted by Gasteiger charge is 2.28. The number of aliphatic hydroxyl groups excluding tert-OH is 1. The molecule has 0 heterocycles. The molecule has 0 spiro atoms. The number of hydrogen-bond donors (Lipinski definition) is 2. The van der Waals surface area contributed by atoms with Gasteiger partial charge in [-0.05, 0) is 70.6 Å². The minimum Gasteiger partial charge on any atom is -0.462 e. The van der Waals surface area contributed by atoms with Crippen LogP contribution in [0.4, 0.5) is 0 Å². The number of phosphoric acid groups is 1. The lowest BCUT2D eigenvalue weighted by molar-refractivity contribution is -0.161. The molecule has 0 aromatic heterocycles. The topological polar surface area (TPSA) is 155 Å². The number of aliphatic hydroxyl groups is 1. The Morgan fingerprint density at radius 2 is 0.818 bits per heavy atom. The van der Waals surface area contributed by atoms with Gasteiger partial charge in [-0.25, -0.2) is 4.57 Å². The summed E-state index contributed by atoms with van der Waals surface area (Å²) in [6.45, 7) is 4.41. The Morgan fingerprint density at radius 1 is 0.439 bits per heavy atom. The van der Waals surface area contributed by atoms with Crippen LogP contribution in [0.2, 0.25) is 0 Å². The van der Waals surface area contributed by atoms with Gasteiger partial charge in [0.2, 0.25) is 0 Å². The highest BCUT2D eigenvalue weighted by molar-refractivity contribution is 7.47. The Morgan fingerprint density at radius 3 is 1.32 bits per heavy atom. The molecular weight excluding hydrogens is 856 g/mol. The lowest BCUT2D eigenvalue weighted by atomic mass is 10.0. The van der Waals surface area contributed by atoms with Gasteiger partial charge in [0.15, 0.2) is 6.10 Å². The zero-order chi connectivity index (χ0) is 48.4. The van der Waals surface area contributed by atoms with Gasteiger partial charge >= 0.3 is 25.7 Å². The fourth-order valence-electron chi connectivity index (χ4n) is 6.95. The Labute approximate surface area is 402 Å². The largest absolute Gasteiger partial charge is 0.472 e. The normalized spacial score (nSPS) is 14.0. The fourth-order valence-corrected chi connectivity index (χ4v) is 7.74. The van der Waals surface area contributed by atoms with E-state index in [0.717, 1.165) is 83.5 Å². The van der Waals surface area contributed by atoms with Crippen LogP contribution >= 0.6 is 7.82 Å². The van der Waals surface area contributed by atoms with Crippen molar-refractivity contribution in [2.24, 2.45) is 0 Å². The fraction of sp³-hybridized carbons (Fsp3) is 0.759. The van der Waals surface area contributed by atoms with Crippen molar-refractivity contribution in [1.82, 2.24) is 0 Å². The van der Waals surface area contributed by atoms with Gasteiger partial charge < -0.3 is 24.2 Å². The van der Waals surface area contributed by atoms with E-state index < -0.39 is 57.8 Å². The van der Waals surface area contributed by atoms with Crippen molar-refractivity contribution in [3.63, 3.8) is 0 Å². The number of esters is 3. The summed E-state index contributed by atoms with van der Waals surface area (Å²) in [7, 11) is -4.76. The van der Waals surface area contributed by atoms with Crippen molar-refractivity contribution < 1.29 is 52.2 Å². The SMILES string of the molecule is CC/C=C\C/C=C\C/C=C\C/C=C\CCC(=O)OC(COC(=O)CCCCCCCCCCCCCCC)COP(=O)(O)OCC(CO)OC(=O)CCCCCCC/C=C\CCCCCC. The molecule has 2 N–H and O–H groups in total. The summed E-state index contributed by atoms with van der Waals surface area (Å²) in [5.74, 6) is -1.57. The molecule has 0 fully saturated rings. The van der Waals surface area contributed by atoms with E-state index >= 15 is 0 Å². The summed E-state index contributed by atoms with van der Waals surface area (Å²) in [6.07, 6.45) is 50.6. The second kappa shape index (κ2) is 48.6. The van der Waals surface area contributed by atoms with E-state index in [1.807, 2.05) is 12.2 Å². The number of carbonyl (C=O) groups is 3. The Bertz CT molecular complexity index is 1340. The van der Waals surface area contributed by atoms with Crippen LogP contribution in [0.15, 0.2) is 60.8 Å². The van der Waals surface area contributed by atoms with Gasteiger partial charge in [0, 0.05) is 19.3 Å². The number of unbranched alkanes of at least 4 members (excludes halogenated alkanes) is 21. The van der Waals surface area contributed by atoms with Crippen LogP contribution in [0.3, 0.4) is 0 Å². The molecule has 0 amide bonds. The Kier molecular flexibility index (Phi) is 46.6. The van der Waals surface area contributed by atoms with Crippen LogP contribution in [0.25, 0.3) is 0 Å². The van der Waals surface area contributed by atoms with Gasteiger partial charge in [0.25, 0.3) is 0 Å². The molecule has 0 rings (SSSR count). The van der Waals surface area contributed by atoms with E-state index in [-0.39, 0.29) is 25.9 Å². The van der Waals surface area contributed by atoms with Gasteiger partial charge in [0.1, 0.15) is 12.7 Å². The Hall–Kier alpha value is -2.82. The zero-order valence-corrected chi connectivity index (χ0v) is 42.8. The molecule has 3 atom stereocenters. The van der Waals surface area contributed by atoms with E-state index in [1.165, 1.54) is 83.5 Å². The van der Waals surface area contributed by atoms with Crippen molar-refractivity contribution >= 4 is 25.7 Å². The van der Waals surface area contributed by atoms with Gasteiger partial charge in [0.05, 0.1) is 19.8 Å². The molecule has 66 heavy (non-hydrogen) atoms. The maximum Gasteiger partial charge on any atom is 0.472 e. The molecule has 0 aliphatic rings. The number of ether oxygens (including phenoxy) is 3. The molecule has 0 saturated heterocycles. The monoisotopic (exact) mass is 951 g/mol. The first-order valence-electron chi connectivity index (χ1n) is 26.2. The number of rotatable bonds is 48. The van der Waals surface area contributed by atoms with E-state index in [1.54, 1.807) is 0 Å². The average Bonchev–Trinajstić information content (AvgIpc) is 3.30. The average molecular weight is 951 g/mol. The number of hydrogen-bond acceptors (Lipinski definition) is 10. The van der Waals surface area contributed by atoms with Crippen LogP contribution < -0.4 is 0 Å². The minimum atomic E-state index is -4.76. The third kappa shape index (κ3) is 46.3. The lowest BCUT2D eigenvalue weighted by Gasteiger charge is -2.21. The van der Waals surface area contributed by atoms with E-state index in [4.69, 9.17) is 23.3 Å². The molecule has 0 aromatic carbocycles. The van der Waals surface area contributed by atoms with Gasteiger partial charge in [-0.15, -0.1) is 0 Å². The number of phosphoric ester groups is 1. The molecule has 0 bridgehead atoms. The van der Waals surface area contributed by atoms with Crippen LogP contribution in [-0.2, 0) is 42.2 Å². The second-order valence-electron chi connectivity index (χ2n) is 17.3. The summed E-state index contributed by atoms with van der Waals surface area (Å²) in [5.41, 5.74) is 0. The molecule has 0 aliphatic carbocycles. The van der Waals surface area contributed by atoms with Crippen LogP contribution in [0.1, 0.15) is 226 Å². The lowest BCUT2D eigenvalue weighted by Crippen LogP contribution is -2.30. The third-order valence-electron chi connectivity index (χ3n) is 10.9. The van der Waals surface area contributed by atoms with Crippen molar-refractivity contribution in [2.75, 3.05) is 26.4 Å². The first kappa shape index (κ1) is 63.2. The summed E-state index contributed by atoms with van der Waals surface area (Å²) in [5, 5.41) is 9.77.